The first-order valence-corrected chi connectivity index (χ1v) is 13.6. The minimum Gasteiger partial charge on any atom is -0.254 e. The normalized spacial score (nSPS) is 11.5. The lowest BCUT2D eigenvalue weighted by atomic mass is 9.85. The molecule has 8 rings (SSSR count). The van der Waals surface area contributed by atoms with E-state index in [0.29, 0.717) is 0 Å². The highest BCUT2D eigenvalue weighted by Gasteiger charge is 2.17. The molecular weight excluding hydrogens is 484 g/mol. The number of fused-ring (bicyclic) bond motifs is 5. The maximum atomic E-state index is 5.12. The molecule has 186 valence electrons. The maximum Gasteiger partial charge on any atom is 0.0972 e. The van der Waals surface area contributed by atoms with Gasteiger partial charge >= 0.3 is 0 Å². The van der Waals surface area contributed by atoms with E-state index in [2.05, 4.69) is 138 Å². The second kappa shape index (κ2) is 9.14. The zero-order chi connectivity index (χ0) is 26.5. The smallest absolute Gasteiger partial charge is 0.0972 e. The molecule has 8 aromatic rings. The third-order valence-corrected chi connectivity index (χ3v) is 7.87. The molecule has 2 aromatic heterocycles. The molecule has 0 aliphatic rings. The average molecular weight is 509 g/mol. The second-order valence-electron chi connectivity index (χ2n) is 10.2. The van der Waals surface area contributed by atoms with Gasteiger partial charge < -0.3 is 0 Å². The predicted octanol–water partition coefficient (Wildman–Crippen LogP) is 10.1. The summed E-state index contributed by atoms with van der Waals surface area (Å²) in [7, 11) is 0. The molecule has 2 nitrogen and oxygen atoms in total. The molecule has 0 N–H and O–H groups in total. The number of hydrogen-bond donors (Lipinski definition) is 0. The maximum absolute atomic E-state index is 5.12. The molecular formula is C38H24N2. The van der Waals surface area contributed by atoms with Gasteiger partial charge in [0.1, 0.15) is 0 Å². The lowest BCUT2D eigenvalue weighted by molar-refractivity contribution is 1.37. The van der Waals surface area contributed by atoms with E-state index in [1.54, 1.807) is 0 Å². The molecule has 0 spiro atoms. The van der Waals surface area contributed by atoms with Gasteiger partial charge in [-0.25, -0.2) is 4.98 Å². The van der Waals surface area contributed by atoms with Crippen LogP contribution in [-0.2, 0) is 0 Å². The van der Waals surface area contributed by atoms with Gasteiger partial charge in [0.05, 0.1) is 16.7 Å². The molecule has 0 radical (unpaired) electrons. The molecule has 0 amide bonds. The minimum absolute atomic E-state index is 0.934. The number of aromatic nitrogens is 2. The Hall–Kier alpha value is -5.34. The van der Waals surface area contributed by atoms with Gasteiger partial charge in [0.15, 0.2) is 0 Å². The van der Waals surface area contributed by atoms with Crippen molar-refractivity contribution in [1.29, 1.82) is 0 Å². The first-order chi connectivity index (χ1) is 19.8. The minimum atomic E-state index is 0.934. The molecule has 40 heavy (non-hydrogen) atoms. The van der Waals surface area contributed by atoms with E-state index in [1.165, 1.54) is 43.8 Å². The summed E-state index contributed by atoms with van der Waals surface area (Å²) in [6.07, 6.45) is 1.84. The summed E-state index contributed by atoms with van der Waals surface area (Å²) in [5.74, 6) is 0. The molecule has 2 heterocycles. The van der Waals surface area contributed by atoms with Gasteiger partial charge in [0.25, 0.3) is 0 Å². The van der Waals surface area contributed by atoms with Gasteiger partial charge in [-0.1, -0.05) is 121 Å². The van der Waals surface area contributed by atoms with Crippen LogP contribution in [0.25, 0.3) is 76.9 Å². The Morgan fingerprint density at radius 2 is 0.925 bits per heavy atom. The van der Waals surface area contributed by atoms with E-state index >= 15 is 0 Å². The van der Waals surface area contributed by atoms with E-state index in [-0.39, 0.29) is 0 Å². The van der Waals surface area contributed by atoms with Gasteiger partial charge in [-0.15, -0.1) is 0 Å². The van der Waals surface area contributed by atoms with E-state index in [4.69, 9.17) is 4.98 Å². The first-order valence-electron chi connectivity index (χ1n) is 13.6. The van der Waals surface area contributed by atoms with Crippen LogP contribution in [0.2, 0.25) is 0 Å². The summed E-state index contributed by atoms with van der Waals surface area (Å²) in [6, 6.07) is 49.7. The highest BCUT2D eigenvalue weighted by molar-refractivity contribution is 6.21. The van der Waals surface area contributed by atoms with Gasteiger partial charge in [-0.2, -0.15) is 0 Å². The Kier molecular flexibility index (Phi) is 5.17. The number of pyridine rings is 2. The fourth-order valence-corrected chi connectivity index (χ4v) is 6.07. The van der Waals surface area contributed by atoms with Gasteiger partial charge in [-0.05, 0) is 62.0 Å². The monoisotopic (exact) mass is 508 g/mol. The zero-order valence-corrected chi connectivity index (χ0v) is 21.8. The van der Waals surface area contributed by atoms with Crippen LogP contribution < -0.4 is 0 Å². The Bertz CT molecular complexity index is 2160. The molecule has 6 aromatic carbocycles. The summed E-state index contributed by atoms with van der Waals surface area (Å²) in [5, 5.41) is 7.21. The fourth-order valence-electron chi connectivity index (χ4n) is 6.07. The first kappa shape index (κ1) is 22.6. The lowest BCUT2D eigenvalue weighted by Crippen LogP contribution is -1.92. The SMILES string of the molecule is c1ccc(-c2c3ccccc3c(-c3cccc(-c4ccc5ccc6cccnc6c5n4)c3)c3ccccc23)cc1. The van der Waals surface area contributed by atoms with Crippen molar-refractivity contribution in [2.45, 2.75) is 0 Å². The third kappa shape index (κ3) is 3.58. The Balaban J connectivity index is 1.38. The third-order valence-electron chi connectivity index (χ3n) is 7.87. The van der Waals surface area contributed by atoms with Crippen molar-refractivity contribution >= 4 is 43.4 Å². The Labute approximate surface area is 232 Å². The highest BCUT2D eigenvalue weighted by Crippen LogP contribution is 2.44. The van der Waals surface area contributed by atoms with Crippen LogP contribution in [0.3, 0.4) is 0 Å². The quantitative estimate of drug-likeness (QED) is 0.175. The van der Waals surface area contributed by atoms with Gasteiger partial charge in [0, 0.05) is 22.5 Å². The van der Waals surface area contributed by atoms with Crippen molar-refractivity contribution in [3.63, 3.8) is 0 Å². The Morgan fingerprint density at radius 3 is 1.62 bits per heavy atom. The fraction of sp³-hybridized carbons (Fsp3) is 0. The van der Waals surface area contributed by atoms with Crippen molar-refractivity contribution in [3.05, 3.63) is 146 Å². The van der Waals surface area contributed by atoms with Crippen LogP contribution in [0.4, 0.5) is 0 Å². The van der Waals surface area contributed by atoms with Crippen LogP contribution in [0.15, 0.2) is 146 Å². The molecule has 0 saturated heterocycles. The summed E-state index contributed by atoms with van der Waals surface area (Å²) in [5.41, 5.74) is 8.85. The largest absolute Gasteiger partial charge is 0.254 e. The van der Waals surface area contributed by atoms with Gasteiger partial charge in [-0.3, -0.25) is 4.98 Å². The van der Waals surface area contributed by atoms with Crippen LogP contribution in [-0.4, -0.2) is 9.97 Å². The summed E-state index contributed by atoms with van der Waals surface area (Å²) >= 11 is 0. The summed E-state index contributed by atoms with van der Waals surface area (Å²) < 4.78 is 0. The van der Waals surface area contributed by atoms with Crippen LogP contribution in [0.5, 0.6) is 0 Å². The second-order valence-corrected chi connectivity index (χ2v) is 10.2. The van der Waals surface area contributed by atoms with Gasteiger partial charge in [0.2, 0.25) is 0 Å². The van der Waals surface area contributed by atoms with E-state index in [0.717, 1.165) is 33.1 Å². The van der Waals surface area contributed by atoms with E-state index in [1.807, 2.05) is 12.3 Å². The number of benzene rings is 6. The zero-order valence-electron chi connectivity index (χ0n) is 21.8. The standard InChI is InChI=1S/C38H24N2/c1-2-10-25(11-3-1)35-30-15-4-6-17-32(30)36(33-18-7-5-16-31(33)35)29-13-8-12-28(24-29)34-22-21-27-20-19-26-14-9-23-39-37(26)38(27)40-34/h1-24H. The molecule has 0 fully saturated rings. The number of rotatable bonds is 3. The van der Waals surface area contributed by atoms with Crippen LogP contribution in [0, 0.1) is 0 Å². The summed E-state index contributed by atoms with van der Waals surface area (Å²) in [4.78, 5) is 9.77. The number of nitrogens with zero attached hydrogens (tertiary/aromatic N) is 2. The molecule has 0 bridgehead atoms. The van der Waals surface area contributed by atoms with Crippen molar-refractivity contribution in [1.82, 2.24) is 9.97 Å². The van der Waals surface area contributed by atoms with Crippen LogP contribution in [0.1, 0.15) is 0 Å². The summed E-state index contributed by atoms with van der Waals surface area (Å²) in [6.45, 7) is 0. The lowest BCUT2D eigenvalue weighted by Gasteiger charge is -2.18. The van der Waals surface area contributed by atoms with Crippen LogP contribution >= 0.6 is 0 Å². The van der Waals surface area contributed by atoms with Crippen molar-refractivity contribution in [2.75, 3.05) is 0 Å². The molecule has 0 unspecified atom stereocenters. The van der Waals surface area contributed by atoms with E-state index < -0.39 is 0 Å². The van der Waals surface area contributed by atoms with E-state index in [9.17, 15) is 0 Å². The number of hydrogen-bond acceptors (Lipinski definition) is 2. The molecule has 2 heteroatoms. The van der Waals surface area contributed by atoms with Crippen molar-refractivity contribution < 1.29 is 0 Å². The van der Waals surface area contributed by atoms with Crippen molar-refractivity contribution in [3.8, 4) is 33.5 Å². The molecule has 0 saturated carbocycles. The highest BCUT2D eigenvalue weighted by atomic mass is 14.7. The molecule has 0 aliphatic carbocycles. The predicted molar refractivity (Wildman–Crippen MR) is 168 cm³/mol. The average Bonchev–Trinajstić information content (AvgIpc) is 3.03. The molecule has 0 atom stereocenters. The molecule has 0 aliphatic heterocycles. The topological polar surface area (TPSA) is 25.8 Å². The van der Waals surface area contributed by atoms with Crippen molar-refractivity contribution in [2.24, 2.45) is 0 Å². The Morgan fingerprint density at radius 1 is 0.375 bits per heavy atom.